The number of benzene rings is 1. The number of hydrogen-bond donors (Lipinski definition) is 2. The van der Waals surface area contributed by atoms with Crippen molar-refractivity contribution < 1.29 is 0 Å². The van der Waals surface area contributed by atoms with E-state index in [1.54, 1.807) is 0 Å². The topological polar surface area (TPSA) is 24.1 Å². The molecule has 1 fully saturated rings. The third-order valence-corrected chi connectivity index (χ3v) is 3.49. The van der Waals surface area contributed by atoms with Crippen molar-refractivity contribution in [3.05, 3.63) is 35.4 Å². The van der Waals surface area contributed by atoms with Gasteiger partial charge in [0.05, 0.1) is 0 Å². The van der Waals surface area contributed by atoms with Crippen molar-refractivity contribution in [2.45, 2.75) is 38.8 Å². The zero-order valence-electron chi connectivity index (χ0n) is 10.3. The molecule has 1 heterocycles. The van der Waals surface area contributed by atoms with Crippen molar-refractivity contribution >= 4 is 0 Å². The molecule has 0 spiro atoms. The quantitative estimate of drug-likeness (QED) is 0.811. The van der Waals surface area contributed by atoms with Gasteiger partial charge in [-0.25, -0.2) is 0 Å². The van der Waals surface area contributed by atoms with E-state index in [0.29, 0.717) is 12.1 Å². The molecule has 2 N–H and O–H groups in total. The summed E-state index contributed by atoms with van der Waals surface area (Å²) in [6, 6.07) is 9.74. The van der Waals surface area contributed by atoms with Crippen LogP contribution in [-0.4, -0.2) is 19.1 Å². The van der Waals surface area contributed by atoms with E-state index in [1.165, 1.54) is 30.5 Å². The van der Waals surface area contributed by atoms with Crippen molar-refractivity contribution in [2.24, 2.45) is 0 Å². The third-order valence-electron chi connectivity index (χ3n) is 3.49. The van der Waals surface area contributed by atoms with Gasteiger partial charge in [-0.3, -0.25) is 0 Å². The van der Waals surface area contributed by atoms with Crippen LogP contribution < -0.4 is 10.6 Å². The Morgan fingerprint density at radius 3 is 2.94 bits per heavy atom. The van der Waals surface area contributed by atoms with Gasteiger partial charge in [0, 0.05) is 18.6 Å². The van der Waals surface area contributed by atoms with Crippen LogP contribution in [0.4, 0.5) is 0 Å². The molecular weight excluding hydrogens is 196 g/mol. The summed E-state index contributed by atoms with van der Waals surface area (Å²) in [5.74, 6) is 0. The summed E-state index contributed by atoms with van der Waals surface area (Å²) < 4.78 is 0. The van der Waals surface area contributed by atoms with Gasteiger partial charge in [0.2, 0.25) is 0 Å². The number of aryl methyl sites for hydroxylation is 1. The summed E-state index contributed by atoms with van der Waals surface area (Å²) in [6.07, 6.45) is 2.64. The molecule has 0 bridgehead atoms. The minimum absolute atomic E-state index is 0.448. The van der Waals surface area contributed by atoms with Crippen molar-refractivity contribution in [1.29, 1.82) is 0 Å². The van der Waals surface area contributed by atoms with Crippen LogP contribution in [0.25, 0.3) is 0 Å². The van der Waals surface area contributed by atoms with Crippen LogP contribution in [0.2, 0.25) is 0 Å². The van der Waals surface area contributed by atoms with Crippen LogP contribution in [0.1, 0.15) is 36.9 Å². The first kappa shape index (κ1) is 11.6. The second-order valence-corrected chi connectivity index (χ2v) is 4.78. The first-order valence-electron chi connectivity index (χ1n) is 6.29. The summed E-state index contributed by atoms with van der Waals surface area (Å²) in [5.41, 5.74) is 2.79. The molecule has 2 nitrogen and oxygen atoms in total. The second-order valence-electron chi connectivity index (χ2n) is 4.78. The standard InChI is InChI=1S/C14H22N2/c1-11-6-3-4-8-14(11)12(2)16-10-13-7-5-9-15-13/h3-4,6,8,12-13,15-16H,5,7,9-10H2,1-2H3. The Morgan fingerprint density at radius 2 is 2.25 bits per heavy atom. The van der Waals surface area contributed by atoms with Gasteiger partial charge >= 0.3 is 0 Å². The van der Waals surface area contributed by atoms with Gasteiger partial charge < -0.3 is 10.6 Å². The van der Waals surface area contributed by atoms with Crippen LogP contribution >= 0.6 is 0 Å². The lowest BCUT2D eigenvalue weighted by Gasteiger charge is -2.19. The summed E-state index contributed by atoms with van der Waals surface area (Å²) >= 11 is 0. The van der Waals surface area contributed by atoms with Gasteiger partial charge in [0.1, 0.15) is 0 Å². The molecular formula is C14H22N2. The summed E-state index contributed by atoms with van der Waals surface area (Å²) in [4.78, 5) is 0. The lowest BCUT2D eigenvalue weighted by molar-refractivity contribution is 0.489. The van der Waals surface area contributed by atoms with Crippen LogP contribution in [0.5, 0.6) is 0 Å². The molecule has 0 aromatic heterocycles. The smallest absolute Gasteiger partial charge is 0.0295 e. The minimum Gasteiger partial charge on any atom is -0.313 e. The second kappa shape index (κ2) is 5.46. The fourth-order valence-corrected chi connectivity index (χ4v) is 2.43. The predicted molar refractivity (Wildman–Crippen MR) is 68.6 cm³/mol. The van der Waals surface area contributed by atoms with E-state index in [2.05, 4.69) is 48.7 Å². The maximum atomic E-state index is 3.62. The monoisotopic (exact) mass is 218 g/mol. The molecule has 1 aromatic carbocycles. The van der Waals surface area contributed by atoms with Crippen molar-refractivity contribution in [3.63, 3.8) is 0 Å². The molecule has 2 rings (SSSR count). The molecule has 1 aromatic rings. The number of nitrogens with one attached hydrogen (secondary N) is 2. The SMILES string of the molecule is Cc1ccccc1C(C)NCC1CCCN1. The Kier molecular flexibility index (Phi) is 3.97. The maximum absolute atomic E-state index is 3.62. The van der Waals surface area contributed by atoms with E-state index in [4.69, 9.17) is 0 Å². The van der Waals surface area contributed by atoms with Crippen LogP contribution in [0.15, 0.2) is 24.3 Å². The zero-order valence-corrected chi connectivity index (χ0v) is 10.3. The number of rotatable bonds is 4. The molecule has 2 atom stereocenters. The van der Waals surface area contributed by atoms with Gasteiger partial charge in [-0.2, -0.15) is 0 Å². The van der Waals surface area contributed by atoms with Crippen LogP contribution in [-0.2, 0) is 0 Å². The van der Waals surface area contributed by atoms with Gasteiger partial charge in [-0.05, 0) is 44.4 Å². The predicted octanol–water partition coefficient (Wildman–Crippen LogP) is 2.40. The fourth-order valence-electron chi connectivity index (χ4n) is 2.43. The molecule has 88 valence electrons. The van der Waals surface area contributed by atoms with Gasteiger partial charge in [0.25, 0.3) is 0 Å². The molecule has 1 aliphatic rings. The lowest BCUT2D eigenvalue weighted by atomic mass is 10.0. The minimum atomic E-state index is 0.448. The summed E-state index contributed by atoms with van der Waals surface area (Å²) in [6.45, 7) is 6.69. The average molecular weight is 218 g/mol. The lowest BCUT2D eigenvalue weighted by Crippen LogP contribution is -2.35. The maximum Gasteiger partial charge on any atom is 0.0295 e. The van der Waals surface area contributed by atoms with E-state index in [1.807, 2.05) is 0 Å². The zero-order chi connectivity index (χ0) is 11.4. The number of hydrogen-bond acceptors (Lipinski definition) is 2. The molecule has 0 saturated carbocycles. The molecule has 2 heteroatoms. The highest BCUT2D eigenvalue weighted by molar-refractivity contribution is 5.28. The van der Waals surface area contributed by atoms with E-state index < -0.39 is 0 Å². The Labute approximate surface area is 98.4 Å². The molecule has 2 unspecified atom stereocenters. The fraction of sp³-hybridized carbons (Fsp3) is 0.571. The van der Waals surface area contributed by atoms with E-state index in [-0.39, 0.29) is 0 Å². The van der Waals surface area contributed by atoms with E-state index in [0.717, 1.165) is 6.54 Å². The van der Waals surface area contributed by atoms with Crippen LogP contribution in [0.3, 0.4) is 0 Å². The molecule has 1 aliphatic heterocycles. The van der Waals surface area contributed by atoms with Crippen molar-refractivity contribution in [2.75, 3.05) is 13.1 Å². The normalized spacial score (nSPS) is 22.2. The largest absolute Gasteiger partial charge is 0.313 e. The van der Waals surface area contributed by atoms with Gasteiger partial charge in [0.15, 0.2) is 0 Å². The molecule has 0 amide bonds. The summed E-state index contributed by atoms with van der Waals surface area (Å²) in [5, 5.41) is 7.13. The molecule has 0 radical (unpaired) electrons. The Bertz CT molecular complexity index is 329. The average Bonchev–Trinajstić information content (AvgIpc) is 2.79. The highest BCUT2D eigenvalue weighted by Gasteiger charge is 2.15. The van der Waals surface area contributed by atoms with Gasteiger partial charge in [-0.1, -0.05) is 24.3 Å². The van der Waals surface area contributed by atoms with Crippen molar-refractivity contribution in [3.8, 4) is 0 Å². The Hall–Kier alpha value is -0.860. The van der Waals surface area contributed by atoms with E-state index in [9.17, 15) is 0 Å². The third kappa shape index (κ3) is 2.83. The van der Waals surface area contributed by atoms with Crippen LogP contribution in [0, 0.1) is 6.92 Å². The molecule has 16 heavy (non-hydrogen) atoms. The van der Waals surface area contributed by atoms with E-state index >= 15 is 0 Å². The van der Waals surface area contributed by atoms with Crippen molar-refractivity contribution in [1.82, 2.24) is 10.6 Å². The highest BCUT2D eigenvalue weighted by atomic mass is 15.0. The highest BCUT2D eigenvalue weighted by Crippen LogP contribution is 2.16. The van der Waals surface area contributed by atoms with Gasteiger partial charge in [-0.15, -0.1) is 0 Å². The molecule has 0 aliphatic carbocycles. The Balaban J connectivity index is 1.87. The first-order chi connectivity index (χ1) is 7.77. The Morgan fingerprint density at radius 1 is 1.44 bits per heavy atom. The summed E-state index contributed by atoms with van der Waals surface area (Å²) in [7, 11) is 0. The first-order valence-corrected chi connectivity index (χ1v) is 6.29. The molecule has 1 saturated heterocycles.